The Labute approximate surface area is 149 Å². The molecule has 0 aromatic carbocycles. The van der Waals surface area contributed by atoms with Gasteiger partial charge in [-0.25, -0.2) is 0 Å². The molecule has 2 nitrogen and oxygen atoms in total. The van der Waals surface area contributed by atoms with Crippen molar-refractivity contribution in [1.82, 2.24) is 0 Å². The highest BCUT2D eigenvalue weighted by Gasteiger charge is 2.44. The lowest BCUT2D eigenvalue weighted by atomic mass is 9.61. The van der Waals surface area contributed by atoms with Crippen LogP contribution in [0.15, 0.2) is 11.3 Å². The number of hydrogen-bond donors (Lipinski definition) is 1. The molecule has 2 fully saturated rings. The first-order chi connectivity index (χ1) is 10.8. The summed E-state index contributed by atoms with van der Waals surface area (Å²) in [6.07, 6.45) is 8.23. The van der Waals surface area contributed by atoms with Gasteiger partial charge in [0, 0.05) is 16.4 Å². The summed E-state index contributed by atoms with van der Waals surface area (Å²) >= 11 is 0. The maximum Gasteiger partial charge on any atom is 0.167 e. The zero-order valence-corrected chi connectivity index (χ0v) is 17.0. The Bertz CT molecular complexity index is 516. The summed E-state index contributed by atoms with van der Waals surface area (Å²) < 4.78 is 0. The van der Waals surface area contributed by atoms with Crippen LogP contribution in [0.5, 0.6) is 0 Å². The molecule has 2 aliphatic rings. The second-order valence-corrected chi connectivity index (χ2v) is 10.8. The minimum Gasteiger partial charge on any atom is -0.511 e. The molecule has 138 valence electrons. The fourth-order valence-corrected chi connectivity index (χ4v) is 4.43. The maximum absolute atomic E-state index is 13.2. The summed E-state index contributed by atoms with van der Waals surface area (Å²) in [6.45, 7) is 15.3. The molecule has 0 heterocycles. The second-order valence-electron chi connectivity index (χ2n) is 10.8. The number of aliphatic hydroxyl groups excluding tert-OH is 1. The number of carbonyl (C=O) groups is 1. The zero-order valence-electron chi connectivity index (χ0n) is 17.0. The van der Waals surface area contributed by atoms with Crippen molar-refractivity contribution in [2.45, 2.75) is 99.8 Å². The molecule has 0 saturated heterocycles. The van der Waals surface area contributed by atoms with Gasteiger partial charge in [0.05, 0.1) is 0 Å². The molecular weight excluding hydrogens is 296 g/mol. The number of rotatable bonds is 3. The quantitative estimate of drug-likeness (QED) is 0.466. The predicted molar refractivity (Wildman–Crippen MR) is 101 cm³/mol. The number of ketones is 1. The van der Waals surface area contributed by atoms with Gasteiger partial charge in [0.1, 0.15) is 5.76 Å². The van der Waals surface area contributed by atoms with E-state index in [1.807, 2.05) is 6.92 Å². The van der Waals surface area contributed by atoms with Crippen molar-refractivity contribution in [2.24, 2.45) is 21.7 Å². The van der Waals surface area contributed by atoms with Gasteiger partial charge >= 0.3 is 0 Å². The predicted octanol–water partition coefficient (Wildman–Crippen LogP) is 6.60. The molecule has 0 radical (unpaired) electrons. The Kier molecular flexibility index (Phi) is 5.03. The van der Waals surface area contributed by atoms with Gasteiger partial charge in [-0.15, -0.1) is 0 Å². The van der Waals surface area contributed by atoms with Crippen molar-refractivity contribution in [3.05, 3.63) is 11.3 Å². The van der Waals surface area contributed by atoms with Crippen LogP contribution in [0.4, 0.5) is 0 Å². The van der Waals surface area contributed by atoms with Crippen LogP contribution in [0.25, 0.3) is 0 Å². The second kappa shape index (κ2) is 6.18. The third-order valence-corrected chi connectivity index (χ3v) is 7.23. The lowest BCUT2D eigenvalue weighted by Gasteiger charge is -2.43. The highest BCUT2D eigenvalue weighted by Crippen LogP contribution is 2.50. The number of hydrogen-bond acceptors (Lipinski definition) is 2. The standard InChI is InChI=1S/C22H38O2/c1-16(17(23)21(6)12-8-19(2,3)9-13-21)18(24)22(7)14-10-20(4,5)11-15-22/h23H,8-15H2,1-7H3/b17-16-. The average Bonchev–Trinajstić information content (AvgIpc) is 2.51. The van der Waals surface area contributed by atoms with E-state index in [2.05, 4.69) is 41.5 Å². The summed E-state index contributed by atoms with van der Waals surface area (Å²) in [5.41, 5.74) is 0.815. The first kappa shape index (κ1) is 19.5. The van der Waals surface area contributed by atoms with Crippen LogP contribution in [0.1, 0.15) is 99.8 Å². The first-order valence-electron chi connectivity index (χ1n) is 9.76. The highest BCUT2D eigenvalue weighted by molar-refractivity contribution is 5.99. The summed E-state index contributed by atoms with van der Waals surface area (Å²) in [5, 5.41) is 10.9. The Morgan fingerprint density at radius 2 is 1.00 bits per heavy atom. The van der Waals surface area contributed by atoms with E-state index in [1.165, 1.54) is 0 Å². The maximum atomic E-state index is 13.2. The SMILES string of the molecule is C/C(C(=O)C1(C)CCC(C)(C)CC1)=C(/O)C1(C)CCC(C)(C)CC1. The Balaban J connectivity index is 2.18. The van der Waals surface area contributed by atoms with Gasteiger partial charge in [-0.2, -0.15) is 0 Å². The normalized spacial score (nSPS) is 28.8. The summed E-state index contributed by atoms with van der Waals surface area (Å²) in [5.74, 6) is 0.551. The molecular formula is C22H38O2. The van der Waals surface area contributed by atoms with Crippen molar-refractivity contribution >= 4 is 5.78 Å². The largest absolute Gasteiger partial charge is 0.511 e. The molecule has 0 aromatic heterocycles. The van der Waals surface area contributed by atoms with Gasteiger partial charge in [-0.3, -0.25) is 4.79 Å². The van der Waals surface area contributed by atoms with E-state index in [0.29, 0.717) is 22.2 Å². The molecule has 2 heteroatoms. The van der Waals surface area contributed by atoms with Crippen LogP contribution in [0, 0.1) is 21.7 Å². The Morgan fingerprint density at radius 3 is 1.38 bits per heavy atom. The molecule has 2 rings (SSSR count). The Hall–Kier alpha value is -0.790. The number of Topliss-reactive ketones (excluding diaryl/α,β-unsaturated/α-hetero) is 1. The summed E-state index contributed by atoms with van der Waals surface area (Å²) in [7, 11) is 0. The summed E-state index contributed by atoms with van der Waals surface area (Å²) in [4.78, 5) is 13.2. The average molecular weight is 335 g/mol. The lowest BCUT2D eigenvalue weighted by molar-refractivity contribution is -0.127. The molecule has 0 spiro atoms. The van der Waals surface area contributed by atoms with Crippen LogP contribution >= 0.6 is 0 Å². The van der Waals surface area contributed by atoms with Gasteiger partial charge < -0.3 is 5.11 Å². The third kappa shape index (κ3) is 3.89. The molecule has 1 N–H and O–H groups in total. The van der Waals surface area contributed by atoms with Gasteiger partial charge in [0.2, 0.25) is 0 Å². The Morgan fingerprint density at radius 1 is 0.667 bits per heavy atom. The van der Waals surface area contributed by atoms with E-state index >= 15 is 0 Å². The van der Waals surface area contributed by atoms with Crippen molar-refractivity contribution in [1.29, 1.82) is 0 Å². The molecule has 2 aliphatic carbocycles. The van der Waals surface area contributed by atoms with Gasteiger partial charge in [-0.1, -0.05) is 41.5 Å². The van der Waals surface area contributed by atoms with Crippen molar-refractivity contribution in [3.8, 4) is 0 Å². The van der Waals surface area contributed by atoms with Gasteiger partial charge in [-0.05, 0) is 69.1 Å². The van der Waals surface area contributed by atoms with E-state index < -0.39 is 0 Å². The minimum atomic E-state index is -0.294. The molecule has 0 amide bonds. The van der Waals surface area contributed by atoms with Crippen molar-refractivity contribution in [2.75, 3.05) is 0 Å². The molecule has 0 atom stereocenters. The van der Waals surface area contributed by atoms with E-state index in [0.717, 1.165) is 51.4 Å². The van der Waals surface area contributed by atoms with Crippen LogP contribution in [-0.2, 0) is 4.79 Å². The molecule has 0 aromatic rings. The van der Waals surface area contributed by atoms with Crippen LogP contribution < -0.4 is 0 Å². The first-order valence-corrected chi connectivity index (χ1v) is 9.76. The van der Waals surface area contributed by atoms with E-state index in [-0.39, 0.29) is 16.6 Å². The van der Waals surface area contributed by atoms with Crippen molar-refractivity contribution in [3.63, 3.8) is 0 Å². The van der Waals surface area contributed by atoms with E-state index in [1.54, 1.807) is 0 Å². The molecule has 24 heavy (non-hydrogen) atoms. The van der Waals surface area contributed by atoms with Gasteiger partial charge in [0.15, 0.2) is 5.78 Å². The monoisotopic (exact) mass is 334 g/mol. The van der Waals surface area contributed by atoms with Crippen LogP contribution in [-0.4, -0.2) is 10.9 Å². The molecule has 0 bridgehead atoms. The number of allylic oxidation sites excluding steroid dienone is 2. The lowest BCUT2D eigenvalue weighted by Crippen LogP contribution is -2.37. The van der Waals surface area contributed by atoms with Crippen molar-refractivity contribution < 1.29 is 9.90 Å². The fourth-order valence-electron chi connectivity index (χ4n) is 4.43. The third-order valence-electron chi connectivity index (χ3n) is 7.23. The smallest absolute Gasteiger partial charge is 0.167 e. The number of carbonyl (C=O) groups excluding carboxylic acids is 1. The summed E-state index contributed by atoms with van der Waals surface area (Å²) in [6, 6.07) is 0. The molecule has 0 aliphatic heterocycles. The van der Waals surface area contributed by atoms with E-state index in [4.69, 9.17) is 0 Å². The minimum absolute atomic E-state index is 0.182. The highest BCUT2D eigenvalue weighted by atomic mass is 16.3. The fraction of sp³-hybridized carbons (Fsp3) is 0.864. The molecule has 0 unspecified atom stereocenters. The zero-order chi connectivity index (χ0) is 18.4. The number of aliphatic hydroxyl groups is 1. The molecule has 2 saturated carbocycles. The van der Waals surface area contributed by atoms with Crippen LogP contribution in [0.2, 0.25) is 0 Å². The topological polar surface area (TPSA) is 37.3 Å². The van der Waals surface area contributed by atoms with Crippen LogP contribution in [0.3, 0.4) is 0 Å². The van der Waals surface area contributed by atoms with Gasteiger partial charge in [0.25, 0.3) is 0 Å². The van der Waals surface area contributed by atoms with E-state index in [9.17, 15) is 9.90 Å².